The minimum atomic E-state index is -0.677. The van der Waals surface area contributed by atoms with Crippen molar-refractivity contribution >= 4 is 74.5 Å². The Morgan fingerprint density at radius 1 is 0.923 bits per heavy atom. The van der Waals surface area contributed by atoms with Gasteiger partial charge in [-0.2, -0.15) is 0 Å². The molecular formula is C15H5Cl4N3O3S. The summed E-state index contributed by atoms with van der Waals surface area (Å²) in [5, 5.41) is 1.23. The number of thiazole rings is 1. The molecule has 0 fully saturated rings. The van der Waals surface area contributed by atoms with Crippen molar-refractivity contribution in [2.45, 2.75) is 6.54 Å². The maximum Gasteiger partial charge on any atom is 0.263 e. The van der Waals surface area contributed by atoms with Crippen LogP contribution in [0.15, 0.2) is 22.4 Å². The predicted octanol–water partition coefficient (Wildman–Crippen LogP) is 4.17. The molecule has 0 atom stereocenters. The second-order valence-corrected chi connectivity index (χ2v) is 7.73. The topological polar surface area (TPSA) is 71.8 Å². The molecule has 1 aliphatic heterocycles. The minimum absolute atomic E-state index is 0.101. The lowest BCUT2D eigenvalue weighted by molar-refractivity contribution is 0.0640. The number of amides is 2. The Labute approximate surface area is 169 Å². The Balaban J connectivity index is 1.80. The van der Waals surface area contributed by atoms with E-state index in [1.54, 1.807) is 11.6 Å². The minimum Gasteiger partial charge on any atom is -0.269 e. The number of hydrogen-bond acceptors (Lipinski definition) is 5. The van der Waals surface area contributed by atoms with Crippen molar-refractivity contribution in [1.29, 1.82) is 0 Å². The van der Waals surface area contributed by atoms with Crippen LogP contribution in [0.3, 0.4) is 0 Å². The summed E-state index contributed by atoms with van der Waals surface area (Å²) in [6.07, 6.45) is 1.59. The zero-order valence-electron chi connectivity index (χ0n) is 12.4. The molecule has 0 saturated heterocycles. The van der Waals surface area contributed by atoms with Crippen LogP contribution in [0, 0.1) is 0 Å². The van der Waals surface area contributed by atoms with Gasteiger partial charge in [-0.1, -0.05) is 46.4 Å². The van der Waals surface area contributed by atoms with Crippen LogP contribution in [0.2, 0.25) is 20.1 Å². The van der Waals surface area contributed by atoms with Gasteiger partial charge in [0.15, 0.2) is 4.96 Å². The van der Waals surface area contributed by atoms with Gasteiger partial charge in [0.1, 0.15) is 0 Å². The van der Waals surface area contributed by atoms with Crippen molar-refractivity contribution in [3.8, 4) is 0 Å². The second kappa shape index (κ2) is 6.21. The van der Waals surface area contributed by atoms with Crippen molar-refractivity contribution in [3.05, 3.63) is 64.9 Å². The van der Waals surface area contributed by atoms with Crippen LogP contribution < -0.4 is 5.56 Å². The summed E-state index contributed by atoms with van der Waals surface area (Å²) in [6, 6.07) is 1.26. The second-order valence-electron chi connectivity index (χ2n) is 5.34. The van der Waals surface area contributed by atoms with Crippen molar-refractivity contribution < 1.29 is 9.59 Å². The van der Waals surface area contributed by atoms with E-state index in [9.17, 15) is 14.4 Å². The van der Waals surface area contributed by atoms with Gasteiger partial charge >= 0.3 is 0 Å². The van der Waals surface area contributed by atoms with Gasteiger partial charge in [0.05, 0.1) is 43.5 Å². The van der Waals surface area contributed by atoms with Crippen LogP contribution in [0.25, 0.3) is 4.96 Å². The van der Waals surface area contributed by atoms with Gasteiger partial charge in [0, 0.05) is 17.6 Å². The first kappa shape index (κ1) is 17.8. The molecule has 0 radical (unpaired) electrons. The van der Waals surface area contributed by atoms with Crippen LogP contribution in [-0.2, 0) is 6.54 Å². The van der Waals surface area contributed by atoms with Crippen molar-refractivity contribution in [1.82, 2.24) is 14.3 Å². The van der Waals surface area contributed by atoms with E-state index in [0.717, 1.165) is 4.90 Å². The molecule has 132 valence electrons. The van der Waals surface area contributed by atoms with Crippen LogP contribution in [0.4, 0.5) is 0 Å². The Hall–Kier alpha value is -1.64. The highest BCUT2D eigenvalue weighted by Crippen LogP contribution is 2.45. The molecule has 0 saturated carbocycles. The number of aromatic nitrogens is 2. The molecule has 0 spiro atoms. The van der Waals surface area contributed by atoms with Gasteiger partial charge in [-0.25, -0.2) is 4.98 Å². The third kappa shape index (κ3) is 2.46. The number of imide groups is 1. The molecule has 2 aromatic heterocycles. The zero-order chi connectivity index (χ0) is 18.7. The number of nitrogens with zero attached hydrogens (tertiary/aromatic N) is 3. The molecule has 1 aromatic carbocycles. The van der Waals surface area contributed by atoms with Crippen LogP contribution >= 0.6 is 57.7 Å². The SMILES string of the molecule is O=C1c2c(Cl)c(Cl)c(Cl)c(Cl)c2C(=O)N1Cc1cc(=O)n2ccsc2n1. The Morgan fingerprint density at radius 3 is 2.08 bits per heavy atom. The average Bonchev–Trinajstić information content (AvgIpc) is 3.17. The predicted molar refractivity (Wildman–Crippen MR) is 100 cm³/mol. The molecule has 3 aromatic rings. The molecule has 4 rings (SSSR count). The first-order valence-electron chi connectivity index (χ1n) is 6.99. The van der Waals surface area contributed by atoms with Gasteiger partial charge < -0.3 is 0 Å². The number of rotatable bonds is 2. The summed E-state index contributed by atoms with van der Waals surface area (Å²) in [5.74, 6) is -1.35. The number of hydrogen-bond donors (Lipinski definition) is 0. The highest BCUT2D eigenvalue weighted by molar-refractivity contribution is 7.15. The van der Waals surface area contributed by atoms with E-state index in [-0.39, 0.29) is 49.0 Å². The lowest BCUT2D eigenvalue weighted by Gasteiger charge is -2.13. The van der Waals surface area contributed by atoms with Gasteiger partial charge in [0.2, 0.25) is 0 Å². The fourth-order valence-electron chi connectivity index (χ4n) is 2.67. The van der Waals surface area contributed by atoms with Crippen molar-refractivity contribution in [2.24, 2.45) is 0 Å². The Morgan fingerprint density at radius 2 is 1.50 bits per heavy atom. The van der Waals surface area contributed by atoms with Crippen LogP contribution in [0.1, 0.15) is 26.4 Å². The third-order valence-electron chi connectivity index (χ3n) is 3.86. The molecule has 1 aliphatic rings. The first-order chi connectivity index (χ1) is 12.3. The normalized spacial score (nSPS) is 13.8. The van der Waals surface area contributed by atoms with Crippen LogP contribution in [-0.4, -0.2) is 26.1 Å². The molecule has 6 nitrogen and oxygen atoms in total. The van der Waals surface area contributed by atoms with E-state index in [1.165, 1.54) is 21.8 Å². The molecule has 3 heterocycles. The number of carbonyl (C=O) groups is 2. The molecular weight excluding hydrogens is 444 g/mol. The average molecular weight is 449 g/mol. The quantitative estimate of drug-likeness (QED) is 0.335. The van der Waals surface area contributed by atoms with E-state index in [0.29, 0.717) is 4.96 Å². The molecule has 11 heteroatoms. The lowest BCUT2D eigenvalue weighted by atomic mass is 10.1. The molecule has 0 unspecified atom stereocenters. The van der Waals surface area contributed by atoms with E-state index >= 15 is 0 Å². The summed E-state index contributed by atoms with van der Waals surface area (Å²) in [6.45, 7) is -0.210. The van der Waals surface area contributed by atoms with Gasteiger partial charge in [0.25, 0.3) is 17.4 Å². The number of carbonyl (C=O) groups excluding carboxylic acids is 2. The summed E-state index contributed by atoms with van der Waals surface area (Å²) < 4.78 is 1.36. The summed E-state index contributed by atoms with van der Waals surface area (Å²) in [7, 11) is 0. The van der Waals surface area contributed by atoms with E-state index in [4.69, 9.17) is 46.4 Å². The Bertz CT molecular complexity index is 1140. The zero-order valence-corrected chi connectivity index (χ0v) is 16.3. The summed E-state index contributed by atoms with van der Waals surface area (Å²) >= 11 is 25.4. The van der Waals surface area contributed by atoms with Gasteiger partial charge in [-0.3, -0.25) is 23.7 Å². The third-order valence-corrected chi connectivity index (χ3v) is 6.42. The van der Waals surface area contributed by atoms with Gasteiger partial charge in [-0.15, -0.1) is 11.3 Å². The first-order valence-corrected chi connectivity index (χ1v) is 9.38. The lowest BCUT2D eigenvalue weighted by Crippen LogP contribution is -2.30. The molecule has 0 aliphatic carbocycles. The maximum absolute atomic E-state index is 12.7. The number of fused-ring (bicyclic) bond motifs is 2. The van der Waals surface area contributed by atoms with Crippen molar-refractivity contribution in [2.75, 3.05) is 0 Å². The molecule has 0 N–H and O–H groups in total. The molecule has 2 amide bonds. The fourth-order valence-corrected chi connectivity index (χ4v) is 4.42. The van der Waals surface area contributed by atoms with Crippen LogP contribution in [0.5, 0.6) is 0 Å². The van der Waals surface area contributed by atoms with Crippen molar-refractivity contribution in [3.63, 3.8) is 0 Å². The summed E-state index contributed by atoms with van der Waals surface area (Å²) in [4.78, 5) is 43.1. The Kier molecular flexibility index (Phi) is 4.24. The smallest absolute Gasteiger partial charge is 0.263 e. The highest BCUT2D eigenvalue weighted by Gasteiger charge is 2.41. The van der Waals surface area contributed by atoms with Gasteiger partial charge in [-0.05, 0) is 0 Å². The monoisotopic (exact) mass is 447 g/mol. The van der Waals surface area contributed by atoms with E-state index in [1.807, 2.05) is 0 Å². The highest BCUT2D eigenvalue weighted by atomic mass is 35.5. The fraction of sp³-hybridized carbons (Fsp3) is 0.0667. The number of benzene rings is 1. The molecule has 0 bridgehead atoms. The maximum atomic E-state index is 12.7. The number of halogens is 4. The van der Waals surface area contributed by atoms with E-state index in [2.05, 4.69) is 4.98 Å². The largest absolute Gasteiger partial charge is 0.269 e. The standard InChI is InChI=1S/C15H5Cl4N3O3S/c16-9-7-8(10(17)12(19)11(9)18)14(25)22(13(7)24)4-5-3-6(23)21-1-2-26-15(21)20-5/h1-3H,4H2. The molecule has 26 heavy (non-hydrogen) atoms. The van der Waals surface area contributed by atoms with E-state index < -0.39 is 11.8 Å². The summed E-state index contributed by atoms with van der Waals surface area (Å²) in [5.41, 5.74) is -0.267.